The van der Waals surface area contributed by atoms with Gasteiger partial charge in [0.25, 0.3) is 0 Å². The van der Waals surface area contributed by atoms with Crippen LogP contribution in [-0.4, -0.2) is 17.0 Å². The first-order valence-corrected chi connectivity index (χ1v) is 6.72. The SMILES string of the molecule is CCc1cc(Oc2nc(NC)ccc2[N+](=O)[O-])ccc1Cl. The summed E-state index contributed by atoms with van der Waals surface area (Å²) in [6.45, 7) is 1.97. The van der Waals surface area contributed by atoms with Crippen molar-refractivity contribution >= 4 is 23.1 Å². The van der Waals surface area contributed by atoms with Crippen molar-refractivity contribution in [3.8, 4) is 11.6 Å². The van der Waals surface area contributed by atoms with Gasteiger partial charge in [0.15, 0.2) is 0 Å². The molecular weight excluding hydrogens is 294 g/mol. The molecule has 0 amide bonds. The summed E-state index contributed by atoms with van der Waals surface area (Å²) in [7, 11) is 1.68. The number of hydrogen-bond acceptors (Lipinski definition) is 5. The van der Waals surface area contributed by atoms with E-state index in [0.717, 1.165) is 12.0 Å². The highest BCUT2D eigenvalue weighted by Crippen LogP contribution is 2.32. The van der Waals surface area contributed by atoms with Crippen LogP contribution in [0.1, 0.15) is 12.5 Å². The van der Waals surface area contributed by atoms with Gasteiger partial charge < -0.3 is 10.1 Å². The first-order chi connectivity index (χ1) is 10.0. The van der Waals surface area contributed by atoms with E-state index in [2.05, 4.69) is 10.3 Å². The minimum absolute atomic E-state index is 0.0591. The van der Waals surface area contributed by atoms with Crippen molar-refractivity contribution in [2.24, 2.45) is 0 Å². The van der Waals surface area contributed by atoms with Crippen molar-refractivity contribution in [1.29, 1.82) is 0 Å². The van der Waals surface area contributed by atoms with Gasteiger partial charge in [0.05, 0.1) is 4.92 Å². The Morgan fingerprint density at radius 2 is 2.14 bits per heavy atom. The minimum atomic E-state index is -0.529. The molecule has 110 valence electrons. The molecule has 0 unspecified atom stereocenters. The normalized spacial score (nSPS) is 10.2. The number of aromatic nitrogens is 1. The molecule has 2 rings (SSSR count). The average molecular weight is 308 g/mol. The summed E-state index contributed by atoms with van der Waals surface area (Å²) >= 11 is 6.04. The van der Waals surface area contributed by atoms with Crippen LogP contribution in [0.4, 0.5) is 11.5 Å². The average Bonchev–Trinajstić information content (AvgIpc) is 2.48. The molecule has 0 saturated carbocycles. The lowest BCUT2D eigenvalue weighted by Crippen LogP contribution is -1.99. The van der Waals surface area contributed by atoms with Gasteiger partial charge >= 0.3 is 11.6 Å². The smallest absolute Gasteiger partial charge is 0.331 e. The molecule has 0 fully saturated rings. The summed E-state index contributed by atoms with van der Waals surface area (Å²) in [6.07, 6.45) is 0.738. The second-order valence-electron chi connectivity index (χ2n) is 4.24. The van der Waals surface area contributed by atoms with E-state index in [1.165, 1.54) is 12.1 Å². The van der Waals surface area contributed by atoms with E-state index in [1.54, 1.807) is 25.2 Å². The first kappa shape index (κ1) is 15.1. The largest absolute Gasteiger partial charge is 0.434 e. The summed E-state index contributed by atoms with van der Waals surface area (Å²) in [5, 5.41) is 14.5. The van der Waals surface area contributed by atoms with Crippen LogP contribution < -0.4 is 10.1 Å². The zero-order valence-corrected chi connectivity index (χ0v) is 12.3. The number of pyridine rings is 1. The fourth-order valence-electron chi connectivity index (χ4n) is 1.78. The molecule has 7 heteroatoms. The number of rotatable bonds is 5. The van der Waals surface area contributed by atoms with Gasteiger partial charge in [-0.1, -0.05) is 18.5 Å². The number of hydrogen-bond donors (Lipinski definition) is 1. The molecule has 2 aromatic rings. The van der Waals surface area contributed by atoms with E-state index in [4.69, 9.17) is 16.3 Å². The molecule has 0 aliphatic heterocycles. The lowest BCUT2D eigenvalue weighted by molar-refractivity contribution is -0.386. The van der Waals surface area contributed by atoms with Gasteiger partial charge in [0, 0.05) is 18.1 Å². The molecule has 1 heterocycles. The molecule has 0 aliphatic carbocycles. The number of anilines is 1. The molecule has 21 heavy (non-hydrogen) atoms. The zero-order chi connectivity index (χ0) is 15.4. The Balaban J connectivity index is 2.40. The Bertz CT molecular complexity index is 677. The number of benzene rings is 1. The van der Waals surface area contributed by atoms with Crippen LogP contribution in [0.25, 0.3) is 0 Å². The molecule has 0 aliphatic rings. The van der Waals surface area contributed by atoms with E-state index in [0.29, 0.717) is 16.6 Å². The summed E-state index contributed by atoms with van der Waals surface area (Å²) in [5.41, 5.74) is 0.712. The maximum absolute atomic E-state index is 11.0. The van der Waals surface area contributed by atoms with E-state index >= 15 is 0 Å². The Kier molecular flexibility index (Phi) is 4.59. The molecule has 1 aromatic heterocycles. The number of nitro groups is 1. The quantitative estimate of drug-likeness (QED) is 0.666. The predicted octanol–water partition coefficient (Wildman–Crippen LogP) is 4.04. The third-order valence-electron chi connectivity index (χ3n) is 2.91. The molecule has 6 nitrogen and oxygen atoms in total. The van der Waals surface area contributed by atoms with Crippen LogP contribution in [0, 0.1) is 10.1 Å². The Morgan fingerprint density at radius 3 is 2.76 bits per heavy atom. The second-order valence-corrected chi connectivity index (χ2v) is 4.64. The van der Waals surface area contributed by atoms with Crippen LogP contribution in [0.5, 0.6) is 11.6 Å². The third-order valence-corrected chi connectivity index (χ3v) is 3.27. The van der Waals surface area contributed by atoms with Crippen molar-refractivity contribution < 1.29 is 9.66 Å². The Labute approximate surface area is 126 Å². The molecule has 0 bridgehead atoms. The van der Waals surface area contributed by atoms with Crippen molar-refractivity contribution in [2.75, 3.05) is 12.4 Å². The van der Waals surface area contributed by atoms with Crippen molar-refractivity contribution in [3.63, 3.8) is 0 Å². The molecule has 0 atom stereocenters. The molecular formula is C14H14ClN3O3. The molecule has 1 aromatic carbocycles. The highest BCUT2D eigenvalue weighted by molar-refractivity contribution is 6.31. The Hall–Kier alpha value is -2.34. The van der Waals surface area contributed by atoms with Crippen LogP contribution in [0.15, 0.2) is 30.3 Å². The number of aryl methyl sites for hydroxylation is 1. The summed E-state index contributed by atoms with van der Waals surface area (Å²) in [5.74, 6) is 0.886. The van der Waals surface area contributed by atoms with Gasteiger partial charge in [-0.05, 0) is 36.2 Å². The minimum Gasteiger partial charge on any atom is -0.434 e. The van der Waals surface area contributed by atoms with E-state index in [-0.39, 0.29) is 11.6 Å². The fraction of sp³-hybridized carbons (Fsp3) is 0.214. The Morgan fingerprint density at radius 1 is 1.38 bits per heavy atom. The summed E-state index contributed by atoms with van der Waals surface area (Å²) in [6, 6.07) is 7.97. The molecule has 0 radical (unpaired) electrons. The maximum atomic E-state index is 11.0. The lowest BCUT2D eigenvalue weighted by atomic mass is 10.1. The number of nitrogens with zero attached hydrogens (tertiary/aromatic N) is 2. The number of nitrogens with one attached hydrogen (secondary N) is 1. The first-order valence-electron chi connectivity index (χ1n) is 6.34. The maximum Gasteiger partial charge on any atom is 0.331 e. The lowest BCUT2D eigenvalue weighted by Gasteiger charge is -2.09. The van der Waals surface area contributed by atoms with Crippen molar-refractivity contribution in [1.82, 2.24) is 4.98 Å². The topological polar surface area (TPSA) is 77.3 Å². The summed E-state index contributed by atoms with van der Waals surface area (Å²) < 4.78 is 5.56. The molecule has 1 N–H and O–H groups in total. The van der Waals surface area contributed by atoms with Gasteiger partial charge in [0.1, 0.15) is 11.6 Å². The van der Waals surface area contributed by atoms with E-state index < -0.39 is 4.92 Å². The highest BCUT2D eigenvalue weighted by atomic mass is 35.5. The predicted molar refractivity (Wildman–Crippen MR) is 81.3 cm³/mol. The van der Waals surface area contributed by atoms with E-state index in [1.807, 2.05) is 6.92 Å². The van der Waals surface area contributed by atoms with E-state index in [9.17, 15) is 10.1 Å². The van der Waals surface area contributed by atoms with Gasteiger partial charge in [-0.15, -0.1) is 0 Å². The van der Waals surface area contributed by atoms with Crippen LogP contribution in [-0.2, 0) is 6.42 Å². The molecule has 0 saturated heterocycles. The van der Waals surface area contributed by atoms with Gasteiger partial charge in [-0.2, -0.15) is 4.98 Å². The fourth-order valence-corrected chi connectivity index (χ4v) is 2.03. The zero-order valence-electron chi connectivity index (χ0n) is 11.6. The molecule has 0 spiro atoms. The number of ether oxygens (including phenoxy) is 1. The van der Waals surface area contributed by atoms with Crippen LogP contribution in [0.2, 0.25) is 5.02 Å². The van der Waals surface area contributed by atoms with Gasteiger partial charge in [0.2, 0.25) is 0 Å². The van der Waals surface area contributed by atoms with Crippen LogP contribution in [0.3, 0.4) is 0 Å². The third kappa shape index (κ3) is 3.41. The van der Waals surface area contributed by atoms with Gasteiger partial charge in [-0.3, -0.25) is 10.1 Å². The second kappa shape index (κ2) is 6.41. The van der Waals surface area contributed by atoms with Crippen molar-refractivity contribution in [3.05, 3.63) is 51.0 Å². The number of halogens is 1. The highest BCUT2D eigenvalue weighted by Gasteiger charge is 2.18. The standard InChI is InChI=1S/C14H14ClN3O3/c1-3-9-8-10(4-5-11(9)15)21-14-12(18(19)20)6-7-13(16-2)17-14/h4-8H,3H2,1-2H3,(H,16,17). The summed E-state index contributed by atoms with van der Waals surface area (Å²) in [4.78, 5) is 14.6. The van der Waals surface area contributed by atoms with Gasteiger partial charge in [-0.25, -0.2) is 0 Å². The monoisotopic (exact) mass is 307 g/mol. The van der Waals surface area contributed by atoms with Crippen molar-refractivity contribution in [2.45, 2.75) is 13.3 Å². The van der Waals surface area contributed by atoms with Crippen LogP contribution >= 0.6 is 11.6 Å².